The van der Waals surface area contributed by atoms with Crippen molar-refractivity contribution in [2.75, 3.05) is 32.2 Å². The number of methoxy groups -OCH3 is 1. The van der Waals surface area contributed by atoms with Crippen molar-refractivity contribution in [2.24, 2.45) is 0 Å². The largest absolute Gasteiger partial charge is 0.497 e. The van der Waals surface area contributed by atoms with Crippen LogP contribution < -0.4 is 19.7 Å². The van der Waals surface area contributed by atoms with Crippen LogP contribution in [-0.4, -0.2) is 39.1 Å². The Balaban J connectivity index is 1.60. The van der Waals surface area contributed by atoms with E-state index in [1.54, 1.807) is 32.4 Å². The number of nitrogens with zero attached hydrogens (tertiary/aromatic N) is 1. The number of likely N-dealkylation sites (N-methyl/N-ethyl adjacent to an activating group) is 1. The molecule has 0 atom stereocenters. The van der Waals surface area contributed by atoms with Crippen LogP contribution in [0.15, 0.2) is 42.5 Å². The summed E-state index contributed by atoms with van der Waals surface area (Å²) in [7, 11) is 3.30. The molecule has 6 heteroatoms. The smallest absolute Gasteiger partial charge is 0.264 e. The fourth-order valence-corrected chi connectivity index (χ4v) is 2.63. The van der Waals surface area contributed by atoms with Gasteiger partial charge in [-0.1, -0.05) is 12.1 Å². The first-order valence-electron chi connectivity index (χ1n) is 8.03. The van der Waals surface area contributed by atoms with Crippen LogP contribution in [0.3, 0.4) is 0 Å². The molecule has 0 saturated heterocycles. The quantitative estimate of drug-likeness (QED) is 0.904. The van der Waals surface area contributed by atoms with Gasteiger partial charge in [0.15, 0.2) is 6.61 Å². The van der Waals surface area contributed by atoms with Crippen molar-refractivity contribution in [2.45, 2.75) is 6.42 Å². The fourth-order valence-electron chi connectivity index (χ4n) is 2.63. The molecule has 0 aliphatic carbocycles. The third kappa shape index (κ3) is 3.74. The van der Waals surface area contributed by atoms with Crippen molar-refractivity contribution in [3.63, 3.8) is 0 Å². The number of hydrogen-bond acceptors (Lipinski definition) is 4. The molecule has 0 saturated carbocycles. The van der Waals surface area contributed by atoms with E-state index < -0.39 is 0 Å². The third-order valence-corrected chi connectivity index (χ3v) is 4.17. The van der Waals surface area contributed by atoms with Crippen LogP contribution >= 0.6 is 0 Å². The standard InChI is InChI=1S/C19H20N2O4/c1-21-16-11-14(5-8-17(16)25-12-18(21)22)19(23)20-10-9-13-3-6-15(24-2)7-4-13/h3-8,11H,9-10,12H2,1-2H3,(H,20,23). The number of carbonyl (C=O) groups excluding carboxylic acids is 2. The van der Waals surface area contributed by atoms with Gasteiger partial charge in [0.2, 0.25) is 0 Å². The van der Waals surface area contributed by atoms with Crippen LogP contribution in [0.25, 0.3) is 0 Å². The predicted molar refractivity (Wildman–Crippen MR) is 94.4 cm³/mol. The fraction of sp³-hybridized carbons (Fsp3) is 0.263. The van der Waals surface area contributed by atoms with E-state index in [0.717, 1.165) is 17.7 Å². The molecule has 2 aromatic rings. The van der Waals surface area contributed by atoms with Crippen molar-refractivity contribution < 1.29 is 19.1 Å². The summed E-state index contributed by atoms with van der Waals surface area (Å²) in [5.74, 6) is 1.10. The first kappa shape index (κ1) is 16.8. The van der Waals surface area contributed by atoms with Gasteiger partial charge < -0.3 is 19.7 Å². The Hall–Kier alpha value is -3.02. The van der Waals surface area contributed by atoms with E-state index in [4.69, 9.17) is 9.47 Å². The summed E-state index contributed by atoms with van der Waals surface area (Å²) in [6.07, 6.45) is 0.724. The van der Waals surface area contributed by atoms with Gasteiger partial charge in [0, 0.05) is 19.2 Å². The summed E-state index contributed by atoms with van der Waals surface area (Å²) < 4.78 is 10.5. The Kier molecular flexibility index (Phi) is 4.88. The average Bonchev–Trinajstić information content (AvgIpc) is 2.65. The van der Waals surface area contributed by atoms with Gasteiger partial charge in [-0.25, -0.2) is 0 Å². The molecule has 25 heavy (non-hydrogen) atoms. The summed E-state index contributed by atoms with van der Waals surface area (Å²) in [5.41, 5.74) is 2.22. The molecule has 0 bridgehead atoms. The second-order valence-corrected chi connectivity index (χ2v) is 5.78. The van der Waals surface area contributed by atoms with Crippen molar-refractivity contribution in [3.05, 3.63) is 53.6 Å². The molecule has 0 fully saturated rings. The van der Waals surface area contributed by atoms with Gasteiger partial charge in [0.25, 0.3) is 11.8 Å². The number of carbonyl (C=O) groups is 2. The number of amides is 2. The minimum Gasteiger partial charge on any atom is -0.497 e. The van der Waals surface area contributed by atoms with E-state index in [0.29, 0.717) is 23.5 Å². The number of benzene rings is 2. The van der Waals surface area contributed by atoms with Crippen LogP contribution in [0.1, 0.15) is 15.9 Å². The maximum Gasteiger partial charge on any atom is 0.264 e. The lowest BCUT2D eigenvalue weighted by Crippen LogP contribution is -2.35. The second kappa shape index (κ2) is 7.25. The summed E-state index contributed by atoms with van der Waals surface area (Å²) in [6.45, 7) is 0.546. The summed E-state index contributed by atoms with van der Waals surface area (Å²) >= 11 is 0. The van der Waals surface area contributed by atoms with Crippen molar-refractivity contribution >= 4 is 17.5 Å². The monoisotopic (exact) mass is 340 g/mol. The van der Waals surface area contributed by atoms with Gasteiger partial charge in [-0.2, -0.15) is 0 Å². The van der Waals surface area contributed by atoms with Crippen LogP contribution in [0.4, 0.5) is 5.69 Å². The highest BCUT2D eigenvalue weighted by Gasteiger charge is 2.23. The van der Waals surface area contributed by atoms with Gasteiger partial charge in [-0.05, 0) is 42.3 Å². The molecule has 0 unspecified atom stereocenters. The molecular formula is C19H20N2O4. The SMILES string of the molecule is COc1ccc(CCNC(=O)c2ccc3c(c2)N(C)C(=O)CO3)cc1. The predicted octanol–water partition coefficient (Wildman–Crippen LogP) is 2.02. The molecule has 0 radical (unpaired) electrons. The van der Waals surface area contributed by atoms with E-state index in [-0.39, 0.29) is 18.4 Å². The number of fused-ring (bicyclic) bond motifs is 1. The highest BCUT2D eigenvalue weighted by atomic mass is 16.5. The molecule has 1 aliphatic heterocycles. The summed E-state index contributed by atoms with van der Waals surface area (Å²) in [4.78, 5) is 25.5. The van der Waals surface area contributed by atoms with E-state index in [9.17, 15) is 9.59 Å². The first-order valence-corrected chi connectivity index (χ1v) is 8.03. The van der Waals surface area contributed by atoms with Crippen LogP contribution in [-0.2, 0) is 11.2 Å². The topological polar surface area (TPSA) is 67.9 Å². The van der Waals surface area contributed by atoms with Crippen molar-refractivity contribution in [1.29, 1.82) is 0 Å². The second-order valence-electron chi connectivity index (χ2n) is 5.78. The lowest BCUT2D eigenvalue weighted by atomic mass is 10.1. The van der Waals surface area contributed by atoms with E-state index in [1.807, 2.05) is 24.3 Å². The van der Waals surface area contributed by atoms with Crippen LogP contribution in [0.2, 0.25) is 0 Å². The maximum absolute atomic E-state index is 12.3. The molecular weight excluding hydrogens is 320 g/mol. The third-order valence-electron chi connectivity index (χ3n) is 4.17. The van der Waals surface area contributed by atoms with Crippen molar-refractivity contribution in [3.8, 4) is 11.5 Å². The van der Waals surface area contributed by atoms with Crippen molar-refractivity contribution in [1.82, 2.24) is 5.32 Å². The van der Waals surface area contributed by atoms with Gasteiger partial charge in [-0.15, -0.1) is 0 Å². The number of anilines is 1. The number of hydrogen-bond donors (Lipinski definition) is 1. The van der Waals surface area contributed by atoms with Gasteiger partial charge >= 0.3 is 0 Å². The molecule has 1 heterocycles. The molecule has 2 aromatic carbocycles. The van der Waals surface area contributed by atoms with Crippen LogP contribution in [0.5, 0.6) is 11.5 Å². The summed E-state index contributed by atoms with van der Waals surface area (Å²) in [6, 6.07) is 12.8. The zero-order chi connectivity index (χ0) is 17.8. The highest BCUT2D eigenvalue weighted by molar-refractivity contribution is 6.00. The molecule has 1 N–H and O–H groups in total. The Bertz CT molecular complexity index is 787. The lowest BCUT2D eigenvalue weighted by molar-refractivity contribution is -0.120. The number of rotatable bonds is 5. The molecule has 3 rings (SSSR count). The molecule has 0 spiro atoms. The Labute approximate surface area is 146 Å². The van der Waals surface area contributed by atoms with Gasteiger partial charge in [-0.3, -0.25) is 9.59 Å². The molecule has 6 nitrogen and oxygen atoms in total. The number of nitrogens with one attached hydrogen (secondary N) is 1. The van der Waals surface area contributed by atoms with Gasteiger partial charge in [0.1, 0.15) is 11.5 Å². The van der Waals surface area contributed by atoms with E-state index in [2.05, 4.69) is 5.32 Å². The summed E-state index contributed by atoms with van der Waals surface area (Å²) in [5, 5.41) is 2.89. The average molecular weight is 340 g/mol. The van der Waals surface area contributed by atoms with Gasteiger partial charge in [0.05, 0.1) is 12.8 Å². The molecule has 1 aliphatic rings. The zero-order valence-corrected chi connectivity index (χ0v) is 14.2. The Morgan fingerprint density at radius 3 is 2.72 bits per heavy atom. The minimum absolute atomic E-state index is 0.0247. The lowest BCUT2D eigenvalue weighted by Gasteiger charge is -2.26. The maximum atomic E-state index is 12.3. The highest BCUT2D eigenvalue weighted by Crippen LogP contribution is 2.31. The molecule has 2 amide bonds. The minimum atomic E-state index is -0.178. The van der Waals surface area contributed by atoms with E-state index >= 15 is 0 Å². The molecule has 130 valence electrons. The first-order chi connectivity index (χ1) is 12.1. The normalized spacial score (nSPS) is 13.0. The van der Waals surface area contributed by atoms with E-state index in [1.165, 1.54) is 4.90 Å². The molecule has 0 aromatic heterocycles. The Morgan fingerprint density at radius 1 is 1.24 bits per heavy atom. The number of ether oxygens (including phenoxy) is 2. The van der Waals surface area contributed by atoms with Crippen LogP contribution in [0, 0.1) is 0 Å². The Morgan fingerprint density at radius 2 is 2.00 bits per heavy atom. The zero-order valence-electron chi connectivity index (χ0n) is 14.2.